The molecule has 4 nitrogen and oxygen atoms in total. The Morgan fingerprint density at radius 3 is 2.40 bits per heavy atom. The van der Waals surface area contributed by atoms with E-state index in [4.69, 9.17) is 0 Å². The molecule has 1 aromatic heterocycles. The van der Waals surface area contributed by atoms with Gasteiger partial charge in [0.05, 0.1) is 5.41 Å². The summed E-state index contributed by atoms with van der Waals surface area (Å²) in [4.78, 5) is 24.7. The van der Waals surface area contributed by atoms with Crippen LogP contribution >= 0.6 is 11.3 Å². The van der Waals surface area contributed by atoms with E-state index < -0.39 is 16.9 Å². The Bertz CT molecular complexity index is 477. The molecule has 1 atom stereocenters. The second-order valence-electron chi connectivity index (χ2n) is 6.23. The van der Waals surface area contributed by atoms with Gasteiger partial charge < -0.3 is 10.4 Å². The number of carboxylic acid groups (broad SMARTS) is 1. The Morgan fingerprint density at radius 2 is 1.95 bits per heavy atom. The first-order valence-electron chi connectivity index (χ1n) is 6.65. The summed E-state index contributed by atoms with van der Waals surface area (Å²) in [6.07, 6.45) is 0.674. The number of carbonyl (C=O) groups is 2. The van der Waals surface area contributed by atoms with Crippen LogP contribution < -0.4 is 5.32 Å². The maximum absolute atomic E-state index is 12.3. The van der Waals surface area contributed by atoms with Crippen LogP contribution in [0.15, 0.2) is 17.5 Å². The van der Waals surface area contributed by atoms with Gasteiger partial charge in [-0.25, -0.2) is 0 Å². The molecule has 0 aliphatic carbocycles. The van der Waals surface area contributed by atoms with Crippen molar-refractivity contribution >= 4 is 23.2 Å². The highest BCUT2D eigenvalue weighted by atomic mass is 32.1. The van der Waals surface area contributed by atoms with Crippen LogP contribution in [0.2, 0.25) is 0 Å². The number of hydrogen-bond donors (Lipinski definition) is 2. The fourth-order valence-electron chi connectivity index (χ4n) is 1.68. The van der Waals surface area contributed by atoms with Crippen LogP contribution in [-0.2, 0) is 16.0 Å². The Labute approximate surface area is 124 Å². The highest BCUT2D eigenvalue weighted by molar-refractivity contribution is 7.09. The summed E-state index contributed by atoms with van der Waals surface area (Å²) in [6, 6.07) is 3.96. The molecule has 0 unspecified atom stereocenters. The predicted molar refractivity (Wildman–Crippen MR) is 80.8 cm³/mol. The summed E-state index contributed by atoms with van der Waals surface area (Å²) in [5.74, 6) is -1.22. The van der Waals surface area contributed by atoms with Gasteiger partial charge in [0.1, 0.15) is 0 Å². The van der Waals surface area contributed by atoms with E-state index in [1.54, 1.807) is 39.0 Å². The molecule has 0 radical (unpaired) electrons. The van der Waals surface area contributed by atoms with Gasteiger partial charge in [0.2, 0.25) is 5.91 Å². The molecule has 1 heterocycles. The van der Waals surface area contributed by atoms with Gasteiger partial charge in [0.25, 0.3) is 0 Å². The van der Waals surface area contributed by atoms with Crippen LogP contribution in [0.5, 0.6) is 0 Å². The maximum Gasteiger partial charge on any atom is 0.311 e. The number of aliphatic carboxylic acids is 1. The van der Waals surface area contributed by atoms with E-state index >= 15 is 0 Å². The Hall–Kier alpha value is -1.36. The quantitative estimate of drug-likeness (QED) is 0.848. The number of thiophene rings is 1. The third-order valence-corrected chi connectivity index (χ3v) is 4.97. The largest absolute Gasteiger partial charge is 0.481 e. The lowest BCUT2D eigenvalue weighted by Crippen LogP contribution is -2.58. The Morgan fingerprint density at radius 1 is 1.35 bits per heavy atom. The average molecular weight is 297 g/mol. The van der Waals surface area contributed by atoms with Gasteiger partial charge in [0.15, 0.2) is 0 Å². The van der Waals surface area contributed by atoms with Crippen molar-refractivity contribution < 1.29 is 14.7 Å². The molecule has 5 heteroatoms. The molecule has 0 bridgehead atoms. The van der Waals surface area contributed by atoms with Crippen molar-refractivity contribution in [2.45, 2.75) is 46.6 Å². The monoisotopic (exact) mass is 297 g/mol. The molecule has 0 aliphatic rings. The average Bonchev–Trinajstić information content (AvgIpc) is 2.80. The highest BCUT2D eigenvalue weighted by Crippen LogP contribution is 2.31. The van der Waals surface area contributed by atoms with Crippen molar-refractivity contribution in [1.82, 2.24) is 5.32 Å². The third-order valence-electron chi connectivity index (χ3n) is 4.07. The van der Waals surface area contributed by atoms with Crippen LogP contribution in [0.4, 0.5) is 0 Å². The number of nitrogens with one attached hydrogen (secondary N) is 1. The van der Waals surface area contributed by atoms with Crippen LogP contribution in [0.3, 0.4) is 0 Å². The number of carboxylic acids is 1. The van der Waals surface area contributed by atoms with Crippen molar-refractivity contribution in [3.63, 3.8) is 0 Å². The molecule has 0 aromatic carbocycles. The molecule has 0 spiro atoms. The minimum absolute atomic E-state index is 0.113. The lowest BCUT2D eigenvalue weighted by atomic mass is 9.74. The second kappa shape index (κ2) is 5.95. The first-order chi connectivity index (χ1) is 9.08. The number of hydrogen-bond acceptors (Lipinski definition) is 3. The van der Waals surface area contributed by atoms with Gasteiger partial charge in [-0.05, 0) is 45.6 Å². The van der Waals surface area contributed by atoms with Crippen LogP contribution in [0.25, 0.3) is 0 Å². The zero-order valence-electron chi connectivity index (χ0n) is 12.7. The van der Waals surface area contributed by atoms with Crippen LogP contribution in [0.1, 0.15) is 39.5 Å². The maximum atomic E-state index is 12.3. The van der Waals surface area contributed by atoms with Gasteiger partial charge in [-0.2, -0.15) is 0 Å². The van der Waals surface area contributed by atoms with Crippen molar-refractivity contribution in [3.8, 4) is 0 Å². The van der Waals surface area contributed by atoms with Gasteiger partial charge in [-0.3, -0.25) is 9.59 Å². The number of rotatable bonds is 6. The molecule has 1 aromatic rings. The predicted octanol–water partition coefficient (Wildman–Crippen LogP) is 2.93. The molecule has 112 valence electrons. The fourth-order valence-corrected chi connectivity index (χ4v) is 2.51. The van der Waals surface area contributed by atoms with Crippen molar-refractivity contribution in [2.75, 3.05) is 0 Å². The zero-order valence-corrected chi connectivity index (χ0v) is 13.5. The standard InChI is InChI=1S/C15H23NO3S/c1-10(9-11-7-6-8-20-11)12(17)16-15(4,5)14(2,3)13(18)19/h6-8,10H,9H2,1-5H3,(H,16,17)(H,18,19)/t10-/m0/s1. The summed E-state index contributed by atoms with van der Waals surface area (Å²) in [7, 11) is 0. The van der Waals surface area contributed by atoms with Crippen LogP contribution in [-0.4, -0.2) is 22.5 Å². The highest BCUT2D eigenvalue weighted by Gasteiger charge is 2.44. The molecule has 0 saturated carbocycles. The first kappa shape index (κ1) is 16.7. The SMILES string of the molecule is C[C@@H](Cc1cccs1)C(=O)NC(C)(C)C(C)(C)C(=O)O. The summed E-state index contributed by atoms with van der Waals surface area (Å²) in [5, 5.41) is 14.1. The normalized spacial score (nSPS) is 13.8. The van der Waals surface area contributed by atoms with Crippen molar-refractivity contribution in [2.24, 2.45) is 11.3 Å². The minimum Gasteiger partial charge on any atom is -0.481 e. The van der Waals surface area contributed by atoms with Gasteiger partial charge in [0, 0.05) is 16.3 Å². The molecule has 0 fully saturated rings. The van der Waals surface area contributed by atoms with E-state index in [2.05, 4.69) is 5.32 Å². The van der Waals surface area contributed by atoms with Gasteiger partial charge in [-0.1, -0.05) is 13.0 Å². The lowest BCUT2D eigenvalue weighted by Gasteiger charge is -2.39. The molecule has 0 saturated heterocycles. The molecule has 1 amide bonds. The fraction of sp³-hybridized carbons (Fsp3) is 0.600. The lowest BCUT2D eigenvalue weighted by molar-refractivity contribution is -0.152. The van der Waals surface area contributed by atoms with E-state index in [0.717, 1.165) is 4.88 Å². The molecular formula is C15H23NO3S. The third kappa shape index (κ3) is 3.60. The van der Waals surface area contributed by atoms with Crippen molar-refractivity contribution in [1.29, 1.82) is 0 Å². The molecule has 20 heavy (non-hydrogen) atoms. The molecule has 1 rings (SSSR count). The van der Waals surface area contributed by atoms with Gasteiger partial charge >= 0.3 is 5.97 Å². The zero-order chi connectivity index (χ0) is 15.6. The van der Waals surface area contributed by atoms with Crippen molar-refractivity contribution in [3.05, 3.63) is 22.4 Å². The Balaban J connectivity index is 2.71. The second-order valence-corrected chi connectivity index (χ2v) is 7.26. The Kier molecular flexibility index (Phi) is 4.97. The van der Waals surface area contributed by atoms with E-state index in [0.29, 0.717) is 6.42 Å². The summed E-state index contributed by atoms with van der Waals surface area (Å²) in [6.45, 7) is 8.60. The number of carbonyl (C=O) groups excluding carboxylic acids is 1. The summed E-state index contributed by atoms with van der Waals surface area (Å²) >= 11 is 1.62. The molecular weight excluding hydrogens is 274 g/mol. The van der Waals surface area contributed by atoms with Gasteiger partial charge in [-0.15, -0.1) is 11.3 Å². The summed E-state index contributed by atoms with van der Waals surface area (Å²) in [5.41, 5.74) is -1.86. The first-order valence-corrected chi connectivity index (χ1v) is 7.53. The summed E-state index contributed by atoms with van der Waals surface area (Å²) < 4.78 is 0. The van der Waals surface area contributed by atoms with E-state index in [1.165, 1.54) is 0 Å². The molecule has 0 aliphatic heterocycles. The van der Waals surface area contributed by atoms with E-state index in [-0.39, 0.29) is 11.8 Å². The minimum atomic E-state index is -1.04. The number of amides is 1. The molecule has 2 N–H and O–H groups in total. The van der Waals surface area contributed by atoms with E-state index in [9.17, 15) is 14.7 Å². The smallest absolute Gasteiger partial charge is 0.311 e. The van der Waals surface area contributed by atoms with E-state index in [1.807, 2.05) is 24.4 Å². The van der Waals surface area contributed by atoms with Crippen LogP contribution in [0, 0.1) is 11.3 Å². The topological polar surface area (TPSA) is 66.4 Å².